The molecule has 0 saturated heterocycles. The van der Waals surface area contributed by atoms with Gasteiger partial charge in [-0.2, -0.15) is 0 Å². The van der Waals surface area contributed by atoms with Gasteiger partial charge in [-0.3, -0.25) is 9.59 Å². The van der Waals surface area contributed by atoms with Gasteiger partial charge in [-0.15, -0.1) is 0 Å². The highest BCUT2D eigenvalue weighted by atomic mass is 16.2. The second-order valence-electron chi connectivity index (χ2n) is 4.34. The molecule has 0 fully saturated rings. The molecule has 0 radical (unpaired) electrons. The van der Waals surface area contributed by atoms with Crippen LogP contribution in [0.25, 0.3) is 16.5 Å². The van der Waals surface area contributed by atoms with Crippen molar-refractivity contribution >= 4 is 10.8 Å². The van der Waals surface area contributed by atoms with E-state index >= 15 is 0 Å². The predicted octanol–water partition coefficient (Wildman–Crippen LogP) is 1.69. The normalized spacial score (nSPS) is 10.8. The van der Waals surface area contributed by atoms with E-state index in [0.29, 0.717) is 5.69 Å². The van der Waals surface area contributed by atoms with Crippen LogP contribution in [-0.4, -0.2) is 9.36 Å². The van der Waals surface area contributed by atoms with Crippen molar-refractivity contribution < 1.29 is 0 Å². The lowest BCUT2D eigenvalue weighted by Gasteiger charge is -2.13. The van der Waals surface area contributed by atoms with Crippen molar-refractivity contribution in [1.29, 1.82) is 0 Å². The van der Waals surface area contributed by atoms with Crippen LogP contribution in [0.1, 0.15) is 0 Å². The summed E-state index contributed by atoms with van der Waals surface area (Å²) in [6.45, 7) is 0. The van der Waals surface area contributed by atoms with Crippen LogP contribution >= 0.6 is 0 Å². The van der Waals surface area contributed by atoms with Crippen molar-refractivity contribution in [2.75, 3.05) is 0 Å². The molecule has 0 N–H and O–H groups in total. The van der Waals surface area contributed by atoms with Crippen LogP contribution in [0.5, 0.6) is 0 Å². The number of hydrogen-bond acceptors (Lipinski definition) is 2. The fraction of sp³-hybridized carbons (Fsp3) is 0.0667. The fourth-order valence-electron chi connectivity index (χ4n) is 2.24. The topological polar surface area (TPSA) is 44.0 Å². The van der Waals surface area contributed by atoms with Gasteiger partial charge in [0, 0.05) is 24.6 Å². The molecule has 0 bridgehead atoms. The Morgan fingerprint density at radius 2 is 1.47 bits per heavy atom. The Balaban J connectivity index is 2.47. The first-order chi connectivity index (χ1) is 9.18. The molecule has 0 unspecified atom stereocenters. The summed E-state index contributed by atoms with van der Waals surface area (Å²) < 4.78 is 2.72. The van der Waals surface area contributed by atoms with Crippen molar-refractivity contribution in [3.8, 4) is 5.69 Å². The summed E-state index contributed by atoms with van der Waals surface area (Å²) in [5.74, 6) is 0. The number of rotatable bonds is 1. The van der Waals surface area contributed by atoms with Crippen molar-refractivity contribution in [3.63, 3.8) is 0 Å². The zero-order chi connectivity index (χ0) is 13.4. The van der Waals surface area contributed by atoms with Crippen molar-refractivity contribution in [2.45, 2.75) is 0 Å². The van der Waals surface area contributed by atoms with Gasteiger partial charge in [-0.1, -0.05) is 36.4 Å². The maximum Gasteiger partial charge on any atom is 0.270 e. The van der Waals surface area contributed by atoms with E-state index in [0.717, 1.165) is 10.8 Å². The molecule has 3 aromatic rings. The lowest BCUT2D eigenvalue weighted by Crippen LogP contribution is -2.34. The van der Waals surface area contributed by atoms with Gasteiger partial charge < -0.3 is 0 Å². The molecule has 1 aromatic heterocycles. The van der Waals surface area contributed by atoms with Crippen LogP contribution in [-0.2, 0) is 7.05 Å². The largest absolute Gasteiger partial charge is 0.270 e. The van der Waals surface area contributed by atoms with Crippen LogP contribution in [0.3, 0.4) is 0 Å². The lowest BCUT2D eigenvalue weighted by atomic mass is 10.1. The summed E-state index contributed by atoms with van der Waals surface area (Å²) in [5, 5.41) is 1.97. The Labute approximate surface area is 109 Å². The number of benzene rings is 2. The van der Waals surface area contributed by atoms with Gasteiger partial charge in [0.15, 0.2) is 0 Å². The van der Waals surface area contributed by atoms with Gasteiger partial charge in [0.2, 0.25) is 0 Å². The van der Waals surface area contributed by atoms with Crippen molar-refractivity contribution in [1.82, 2.24) is 9.36 Å². The highest BCUT2D eigenvalue weighted by molar-refractivity contribution is 5.89. The average Bonchev–Trinajstić information content (AvgIpc) is 2.44. The third-order valence-electron chi connectivity index (χ3n) is 3.19. The maximum atomic E-state index is 12.0. The molecule has 1 heterocycles. The molecule has 0 aliphatic carbocycles. The number of aromatic nitrogens is 2. The van der Waals surface area contributed by atoms with Gasteiger partial charge in [-0.05, 0) is 11.5 Å². The maximum absolute atomic E-state index is 12.0. The average molecular weight is 252 g/mol. The molecule has 0 atom stereocenters. The van der Waals surface area contributed by atoms with E-state index in [9.17, 15) is 9.59 Å². The summed E-state index contributed by atoms with van der Waals surface area (Å²) in [4.78, 5) is 23.7. The molecule has 2 aromatic carbocycles. The molecular weight excluding hydrogens is 240 g/mol. The second-order valence-corrected chi connectivity index (χ2v) is 4.34. The van der Waals surface area contributed by atoms with Crippen LogP contribution in [0, 0.1) is 0 Å². The first kappa shape index (κ1) is 11.5. The molecule has 4 heteroatoms. The minimum absolute atomic E-state index is 0.215. The predicted molar refractivity (Wildman–Crippen MR) is 74.8 cm³/mol. The Hall–Kier alpha value is -2.62. The molecule has 0 spiro atoms. The minimum atomic E-state index is -0.224. The molecule has 0 aliphatic rings. The highest BCUT2D eigenvalue weighted by Crippen LogP contribution is 2.20. The van der Waals surface area contributed by atoms with E-state index in [4.69, 9.17) is 0 Å². The van der Waals surface area contributed by atoms with E-state index in [1.54, 1.807) is 7.05 Å². The second kappa shape index (κ2) is 4.24. The molecule has 4 nitrogen and oxygen atoms in total. The Morgan fingerprint density at radius 3 is 2.32 bits per heavy atom. The first-order valence-corrected chi connectivity index (χ1v) is 5.96. The van der Waals surface area contributed by atoms with Crippen LogP contribution in [0.4, 0.5) is 0 Å². The highest BCUT2D eigenvalue weighted by Gasteiger charge is 2.07. The zero-order valence-corrected chi connectivity index (χ0v) is 10.4. The molecule has 3 rings (SSSR count). The number of hydrogen-bond donors (Lipinski definition) is 0. The summed E-state index contributed by atoms with van der Waals surface area (Å²) in [7, 11) is 1.59. The van der Waals surface area contributed by atoms with Crippen LogP contribution in [0.2, 0.25) is 0 Å². The summed E-state index contributed by atoms with van der Waals surface area (Å²) in [6.07, 6.45) is 0. The van der Waals surface area contributed by atoms with E-state index in [1.165, 1.54) is 21.5 Å². The number of nitrogens with zero attached hydrogens (tertiary/aromatic N) is 2. The third kappa shape index (κ3) is 1.78. The van der Waals surface area contributed by atoms with Crippen molar-refractivity contribution in [2.24, 2.45) is 7.05 Å². The van der Waals surface area contributed by atoms with Gasteiger partial charge >= 0.3 is 0 Å². The van der Waals surface area contributed by atoms with Crippen LogP contribution in [0.15, 0.2) is 64.2 Å². The first-order valence-electron chi connectivity index (χ1n) is 5.96. The molecule has 0 aliphatic heterocycles. The SMILES string of the molecule is Cn1c(=O)ccc(=O)n1-c1cccc2ccccc12. The summed E-state index contributed by atoms with van der Waals surface area (Å²) in [6, 6.07) is 16.0. The van der Waals surface area contributed by atoms with Gasteiger partial charge in [0.1, 0.15) is 0 Å². The summed E-state index contributed by atoms with van der Waals surface area (Å²) >= 11 is 0. The molecule has 0 amide bonds. The van der Waals surface area contributed by atoms with Gasteiger partial charge in [0.05, 0.1) is 5.69 Å². The zero-order valence-electron chi connectivity index (χ0n) is 10.4. The Bertz CT molecular complexity index is 870. The molecule has 94 valence electrons. The summed E-state index contributed by atoms with van der Waals surface area (Å²) in [5.41, 5.74) is 0.272. The molecule has 19 heavy (non-hydrogen) atoms. The van der Waals surface area contributed by atoms with E-state index in [1.807, 2.05) is 42.5 Å². The third-order valence-corrected chi connectivity index (χ3v) is 3.19. The molecule has 0 saturated carbocycles. The number of fused-ring (bicyclic) bond motifs is 1. The smallest absolute Gasteiger partial charge is 0.268 e. The van der Waals surface area contributed by atoms with Crippen LogP contribution < -0.4 is 11.1 Å². The van der Waals surface area contributed by atoms with Gasteiger partial charge in [-0.25, -0.2) is 9.36 Å². The molecular formula is C15H12N2O2. The standard InChI is InChI=1S/C15H12N2O2/c1-16-14(18)9-10-15(19)17(16)13-8-4-6-11-5-2-3-7-12(11)13/h2-10H,1H3. The monoisotopic (exact) mass is 252 g/mol. The quantitative estimate of drug-likeness (QED) is 0.661. The van der Waals surface area contributed by atoms with E-state index < -0.39 is 0 Å². The van der Waals surface area contributed by atoms with E-state index in [-0.39, 0.29) is 11.1 Å². The Kier molecular flexibility index (Phi) is 2.56. The van der Waals surface area contributed by atoms with Crippen molar-refractivity contribution in [3.05, 3.63) is 75.3 Å². The van der Waals surface area contributed by atoms with Gasteiger partial charge in [0.25, 0.3) is 11.1 Å². The minimum Gasteiger partial charge on any atom is -0.268 e. The lowest BCUT2D eigenvalue weighted by molar-refractivity contribution is 0.596. The Morgan fingerprint density at radius 1 is 0.789 bits per heavy atom. The van der Waals surface area contributed by atoms with E-state index in [2.05, 4.69) is 0 Å². The fourth-order valence-corrected chi connectivity index (χ4v) is 2.24.